The number of urea groups is 1. The van der Waals surface area contributed by atoms with Crippen molar-refractivity contribution in [3.05, 3.63) is 10.9 Å². The zero-order valence-electron chi connectivity index (χ0n) is 11.1. The molecule has 0 saturated heterocycles. The van der Waals surface area contributed by atoms with Crippen LogP contribution in [0.5, 0.6) is 0 Å². The minimum atomic E-state index is -0.548. The number of hydrazine groups is 1. The minimum Gasteiger partial charge on any atom is -0.368 e. The number of hydrogen-bond donors (Lipinski definition) is 5. The first-order chi connectivity index (χ1) is 9.63. The van der Waals surface area contributed by atoms with Gasteiger partial charge in [-0.15, -0.1) is 11.3 Å². The van der Waals surface area contributed by atoms with Crippen LogP contribution in [-0.2, 0) is 6.42 Å². The van der Waals surface area contributed by atoms with Crippen molar-refractivity contribution in [1.82, 2.24) is 15.3 Å². The number of rotatable bonds is 6. The molecule has 9 heteroatoms. The molecule has 108 valence electrons. The van der Waals surface area contributed by atoms with Crippen molar-refractivity contribution in [2.24, 2.45) is 11.6 Å². The molecule has 2 aromatic rings. The van der Waals surface area contributed by atoms with Gasteiger partial charge in [0, 0.05) is 18.0 Å². The molecule has 2 heterocycles. The second-order valence-electron chi connectivity index (χ2n) is 4.04. The fraction of sp³-hybridized carbons (Fsp3) is 0.364. The van der Waals surface area contributed by atoms with Crippen LogP contribution in [0.1, 0.15) is 11.8 Å². The molecule has 20 heavy (non-hydrogen) atoms. The second-order valence-corrected chi connectivity index (χ2v) is 5.16. The molecule has 0 spiro atoms. The van der Waals surface area contributed by atoms with Crippen molar-refractivity contribution in [2.75, 3.05) is 23.8 Å². The fourth-order valence-electron chi connectivity index (χ4n) is 1.71. The number of aryl methyl sites for hydroxylation is 1. The van der Waals surface area contributed by atoms with Crippen LogP contribution in [-0.4, -0.2) is 29.1 Å². The number of amides is 2. The maximum atomic E-state index is 10.6. The summed E-state index contributed by atoms with van der Waals surface area (Å²) in [5, 5.41) is 6.60. The highest BCUT2D eigenvalue weighted by atomic mass is 32.1. The van der Waals surface area contributed by atoms with Gasteiger partial charge in [-0.25, -0.2) is 15.6 Å². The summed E-state index contributed by atoms with van der Waals surface area (Å²) in [6.45, 7) is 3.01. The number of nitrogens with one attached hydrogen (secondary N) is 3. The average molecular weight is 295 g/mol. The van der Waals surface area contributed by atoms with Crippen molar-refractivity contribution in [3.63, 3.8) is 0 Å². The van der Waals surface area contributed by atoms with Gasteiger partial charge >= 0.3 is 6.03 Å². The predicted octanol–water partition coefficient (Wildman–Crippen LogP) is 0.620. The monoisotopic (exact) mass is 295 g/mol. The number of nitrogens with zero attached hydrogens (tertiary/aromatic N) is 2. The summed E-state index contributed by atoms with van der Waals surface area (Å²) < 4.78 is 0. The zero-order chi connectivity index (χ0) is 14.5. The molecule has 0 fully saturated rings. The number of anilines is 2. The van der Waals surface area contributed by atoms with Crippen LogP contribution >= 0.6 is 11.3 Å². The van der Waals surface area contributed by atoms with Crippen LogP contribution < -0.4 is 27.6 Å². The normalized spacial score (nSPS) is 10.5. The Bertz CT molecular complexity index is 612. The lowest BCUT2D eigenvalue weighted by Crippen LogP contribution is -2.33. The van der Waals surface area contributed by atoms with Gasteiger partial charge in [-0.3, -0.25) is 5.43 Å². The van der Waals surface area contributed by atoms with Gasteiger partial charge in [0.2, 0.25) is 5.95 Å². The molecule has 2 rings (SSSR count). The maximum absolute atomic E-state index is 10.6. The van der Waals surface area contributed by atoms with Crippen LogP contribution in [0.4, 0.5) is 16.6 Å². The summed E-state index contributed by atoms with van der Waals surface area (Å²) in [7, 11) is 0. The molecule has 0 saturated carbocycles. The number of carbonyl (C=O) groups is 1. The predicted molar refractivity (Wildman–Crippen MR) is 80.7 cm³/mol. The highest BCUT2D eigenvalue weighted by molar-refractivity contribution is 7.18. The second kappa shape index (κ2) is 6.35. The Kier molecular flexibility index (Phi) is 4.53. The van der Waals surface area contributed by atoms with Gasteiger partial charge in [-0.05, 0) is 12.5 Å². The van der Waals surface area contributed by atoms with Crippen LogP contribution in [0, 0.1) is 0 Å². The van der Waals surface area contributed by atoms with Crippen molar-refractivity contribution in [3.8, 4) is 0 Å². The van der Waals surface area contributed by atoms with E-state index in [0.29, 0.717) is 24.9 Å². The van der Waals surface area contributed by atoms with Crippen molar-refractivity contribution in [2.45, 2.75) is 13.3 Å². The molecule has 0 atom stereocenters. The van der Waals surface area contributed by atoms with Gasteiger partial charge in [0.15, 0.2) is 0 Å². The van der Waals surface area contributed by atoms with E-state index in [2.05, 4.69) is 39.0 Å². The number of thiophene rings is 1. The van der Waals surface area contributed by atoms with E-state index in [4.69, 9.17) is 11.6 Å². The molecule has 8 nitrogen and oxygen atoms in total. The van der Waals surface area contributed by atoms with E-state index in [1.165, 1.54) is 4.88 Å². The number of carbonyl (C=O) groups excluding carboxylic acids is 1. The molecular formula is C11H17N7OS. The van der Waals surface area contributed by atoms with Crippen LogP contribution in [0.25, 0.3) is 10.2 Å². The Morgan fingerprint density at radius 2 is 2.20 bits per heavy atom. The van der Waals surface area contributed by atoms with Gasteiger partial charge in [0.05, 0.1) is 5.39 Å². The van der Waals surface area contributed by atoms with Gasteiger partial charge in [0.1, 0.15) is 10.6 Å². The maximum Gasteiger partial charge on any atom is 0.312 e. The lowest BCUT2D eigenvalue weighted by Gasteiger charge is -2.08. The number of nitrogen functional groups attached to an aromatic ring is 1. The SMILES string of the molecule is CCc1cc2c(NCCNC(N)=O)nc(NN)nc2s1. The summed E-state index contributed by atoms with van der Waals surface area (Å²) in [4.78, 5) is 21.3. The average Bonchev–Trinajstić information content (AvgIpc) is 2.86. The molecular weight excluding hydrogens is 278 g/mol. The lowest BCUT2D eigenvalue weighted by molar-refractivity contribution is 0.249. The van der Waals surface area contributed by atoms with Gasteiger partial charge in [-0.2, -0.15) is 4.98 Å². The summed E-state index contributed by atoms with van der Waals surface area (Å²) in [6.07, 6.45) is 0.940. The summed E-state index contributed by atoms with van der Waals surface area (Å²) in [5.74, 6) is 6.41. The Hall–Kier alpha value is -2.13. The van der Waals surface area contributed by atoms with Crippen LogP contribution in [0.2, 0.25) is 0 Å². The van der Waals surface area contributed by atoms with Gasteiger partial charge in [0.25, 0.3) is 0 Å². The zero-order valence-corrected chi connectivity index (χ0v) is 11.9. The van der Waals surface area contributed by atoms with Crippen molar-refractivity contribution >= 4 is 39.4 Å². The van der Waals surface area contributed by atoms with E-state index in [-0.39, 0.29) is 0 Å². The fourth-order valence-corrected chi connectivity index (χ4v) is 2.68. The molecule has 0 aliphatic carbocycles. The molecule has 2 amide bonds. The molecule has 0 aliphatic rings. The van der Waals surface area contributed by atoms with E-state index in [1.54, 1.807) is 11.3 Å². The molecule has 0 radical (unpaired) electrons. The molecule has 0 unspecified atom stereocenters. The Labute approximate surface area is 119 Å². The van der Waals surface area contributed by atoms with Gasteiger partial charge in [-0.1, -0.05) is 6.92 Å². The number of aromatic nitrogens is 2. The number of fused-ring (bicyclic) bond motifs is 1. The largest absolute Gasteiger partial charge is 0.368 e. The number of primary amides is 1. The summed E-state index contributed by atoms with van der Waals surface area (Å²) in [6, 6.07) is 1.51. The van der Waals surface area contributed by atoms with Crippen LogP contribution in [0.15, 0.2) is 6.07 Å². The van der Waals surface area contributed by atoms with Crippen molar-refractivity contribution in [1.29, 1.82) is 0 Å². The van der Waals surface area contributed by atoms with Gasteiger partial charge < -0.3 is 16.4 Å². The molecule has 0 bridgehead atoms. The Balaban J connectivity index is 2.20. The third kappa shape index (κ3) is 3.25. The first-order valence-electron chi connectivity index (χ1n) is 6.18. The number of hydrogen-bond acceptors (Lipinski definition) is 7. The van der Waals surface area contributed by atoms with E-state index in [0.717, 1.165) is 16.6 Å². The quantitative estimate of drug-likeness (QED) is 0.301. The third-order valence-electron chi connectivity index (χ3n) is 2.64. The Morgan fingerprint density at radius 3 is 2.85 bits per heavy atom. The summed E-state index contributed by atoms with van der Waals surface area (Å²) in [5.41, 5.74) is 7.45. The molecule has 0 aromatic carbocycles. The molecule has 7 N–H and O–H groups in total. The number of nitrogens with two attached hydrogens (primary N) is 2. The van der Waals surface area contributed by atoms with E-state index in [1.807, 2.05) is 0 Å². The molecule has 0 aliphatic heterocycles. The molecule has 2 aromatic heterocycles. The first-order valence-corrected chi connectivity index (χ1v) is 7.00. The van der Waals surface area contributed by atoms with Crippen LogP contribution in [0.3, 0.4) is 0 Å². The minimum absolute atomic E-state index is 0.354. The van der Waals surface area contributed by atoms with E-state index < -0.39 is 6.03 Å². The summed E-state index contributed by atoms with van der Waals surface area (Å²) >= 11 is 1.61. The van der Waals surface area contributed by atoms with Crippen molar-refractivity contribution < 1.29 is 4.79 Å². The third-order valence-corrected chi connectivity index (χ3v) is 3.81. The van der Waals surface area contributed by atoms with E-state index in [9.17, 15) is 4.79 Å². The first kappa shape index (κ1) is 14.3. The Morgan fingerprint density at radius 1 is 1.40 bits per heavy atom. The highest BCUT2D eigenvalue weighted by Gasteiger charge is 2.10. The highest BCUT2D eigenvalue weighted by Crippen LogP contribution is 2.30. The topological polar surface area (TPSA) is 131 Å². The lowest BCUT2D eigenvalue weighted by atomic mass is 10.3. The smallest absolute Gasteiger partial charge is 0.312 e. The van der Waals surface area contributed by atoms with E-state index >= 15 is 0 Å². The standard InChI is InChI=1S/C11H17N7OS/c1-2-6-5-7-8(14-3-4-15-10(12)19)16-11(18-13)17-9(7)20-6/h5H,2-4,13H2,1H3,(H3,12,15,19)(H2,14,16,17,18).